The maximum absolute atomic E-state index is 13.1. The monoisotopic (exact) mass is 354 g/mol. The van der Waals surface area contributed by atoms with Crippen LogP contribution >= 0.6 is 0 Å². The lowest BCUT2D eigenvalue weighted by Gasteiger charge is -2.43. The Morgan fingerprint density at radius 1 is 1.08 bits per heavy atom. The van der Waals surface area contributed by atoms with Crippen LogP contribution in [0.4, 0.5) is 10.1 Å². The molecule has 0 spiro atoms. The summed E-state index contributed by atoms with van der Waals surface area (Å²) in [6.07, 6.45) is 2.30. The van der Waals surface area contributed by atoms with Gasteiger partial charge in [-0.15, -0.1) is 0 Å². The van der Waals surface area contributed by atoms with Crippen molar-refractivity contribution in [1.82, 2.24) is 4.90 Å². The normalized spacial score (nSPS) is 23.1. The van der Waals surface area contributed by atoms with Gasteiger partial charge >= 0.3 is 0 Å². The van der Waals surface area contributed by atoms with Crippen LogP contribution in [0.5, 0.6) is 5.75 Å². The number of piperidine rings is 1. The minimum Gasteiger partial charge on any atom is -0.493 e. The van der Waals surface area contributed by atoms with Gasteiger partial charge in [0.05, 0.1) is 6.61 Å². The van der Waals surface area contributed by atoms with Gasteiger partial charge in [-0.2, -0.15) is 0 Å². The first-order valence-corrected chi connectivity index (χ1v) is 9.70. The molecule has 0 aliphatic carbocycles. The summed E-state index contributed by atoms with van der Waals surface area (Å²) in [6, 6.07) is 15.6. The van der Waals surface area contributed by atoms with E-state index in [1.165, 1.54) is 29.8 Å². The number of nitrogens with zero attached hydrogens (tertiary/aromatic N) is 2. The minimum atomic E-state index is -0.223. The van der Waals surface area contributed by atoms with Crippen molar-refractivity contribution in [1.29, 1.82) is 0 Å². The summed E-state index contributed by atoms with van der Waals surface area (Å²) in [7, 11) is 0. The fourth-order valence-corrected chi connectivity index (χ4v) is 4.40. The first-order valence-electron chi connectivity index (χ1n) is 9.70. The van der Waals surface area contributed by atoms with E-state index in [0.717, 1.165) is 38.3 Å². The average molecular weight is 354 g/mol. The van der Waals surface area contributed by atoms with Crippen LogP contribution in [0.15, 0.2) is 48.5 Å². The summed E-state index contributed by atoms with van der Waals surface area (Å²) in [5.41, 5.74) is 2.86. The number of halogens is 1. The van der Waals surface area contributed by atoms with E-state index in [9.17, 15) is 4.39 Å². The highest BCUT2D eigenvalue weighted by Crippen LogP contribution is 2.34. The highest BCUT2D eigenvalue weighted by molar-refractivity contribution is 5.58. The minimum absolute atomic E-state index is 0.223. The molecule has 0 aromatic heterocycles. The highest BCUT2D eigenvalue weighted by atomic mass is 19.1. The Morgan fingerprint density at radius 3 is 2.69 bits per heavy atom. The second kappa shape index (κ2) is 7.67. The number of hydrogen-bond acceptors (Lipinski definition) is 3. The lowest BCUT2D eigenvalue weighted by Crippen LogP contribution is -2.52. The summed E-state index contributed by atoms with van der Waals surface area (Å²) >= 11 is 0. The van der Waals surface area contributed by atoms with Crippen LogP contribution in [0, 0.1) is 11.7 Å². The van der Waals surface area contributed by atoms with Crippen molar-refractivity contribution in [3.63, 3.8) is 0 Å². The molecule has 0 saturated carbocycles. The van der Waals surface area contributed by atoms with Crippen LogP contribution in [0.25, 0.3) is 0 Å². The zero-order valence-corrected chi connectivity index (χ0v) is 15.4. The molecule has 26 heavy (non-hydrogen) atoms. The lowest BCUT2D eigenvalue weighted by atomic mass is 9.91. The Kier molecular flexibility index (Phi) is 5.11. The van der Waals surface area contributed by atoms with E-state index in [1.807, 2.05) is 0 Å². The number of likely N-dealkylation sites (tertiary alicyclic amines) is 1. The molecule has 1 saturated heterocycles. The second-order valence-electron chi connectivity index (χ2n) is 7.35. The third-order valence-corrected chi connectivity index (χ3v) is 5.83. The van der Waals surface area contributed by atoms with Crippen molar-refractivity contribution < 1.29 is 9.13 Å². The van der Waals surface area contributed by atoms with Crippen molar-refractivity contribution >= 4 is 5.69 Å². The van der Waals surface area contributed by atoms with Crippen molar-refractivity contribution in [3.05, 3.63) is 59.9 Å². The summed E-state index contributed by atoms with van der Waals surface area (Å²) in [6.45, 7) is 7.28. The van der Waals surface area contributed by atoms with Gasteiger partial charge < -0.3 is 14.5 Å². The van der Waals surface area contributed by atoms with Crippen LogP contribution in [-0.4, -0.2) is 43.7 Å². The molecule has 0 radical (unpaired) electrons. The number of rotatable bonds is 5. The molecule has 1 fully saturated rings. The SMILES string of the molecule is CCN1CC[C@H](N2CCc3ccccc32)[C@H](COc2ccc(F)cc2)C1. The Morgan fingerprint density at radius 2 is 1.88 bits per heavy atom. The number of ether oxygens (including phenoxy) is 1. The highest BCUT2D eigenvalue weighted by Gasteiger charge is 2.36. The molecule has 0 amide bonds. The first-order chi connectivity index (χ1) is 12.7. The third-order valence-electron chi connectivity index (χ3n) is 5.83. The average Bonchev–Trinajstić information content (AvgIpc) is 3.11. The van der Waals surface area contributed by atoms with E-state index < -0.39 is 0 Å². The molecular formula is C22H27FN2O. The van der Waals surface area contributed by atoms with Gasteiger partial charge in [0.1, 0.15) is 11.6 Å². The largest absolute Gasteiger partial charge is 0.493 e. The van der Waals surface area contributed by atoms with E-state index >= 15 is 0 Å². The van der Waals surface area contributed by atoms with Crippen molar-refractivity contribution in [2.24, 2.45) is 5.92 Å². The molecule has 0 bridgehead atoms. The van der Waals surface area contributed by atoms with Gasteiger partial charge in [0, 0.05) is 37.3 Å². The van der Waals surface area contributed by atoms with Crippen LogP contribution in [0.3, 0.4) is 0 Å². The molecule has 2 aliphatic rings. The maximum atomic E-state index is 13.1. The van der Waals surface area contributed by atoms with Crippen molar-refractivity contribution in [2.75, 3.05) is 37.7 Å². The summed E-state index contributed by atoms with van der Waals surface area (Å²) < 4.78 is 19.2. The van der Waals surface area contributed by atoms with E-state index in [-0.39, 0.29) is 5.82 Å². The summed E-state index contributed by atoms with van der Waals surface area (Å²) in [5, 5.41) is 0. The number of anilines is 1. The van der Waals surface area contributed by atoms with E-state index in [1.54, 1.807) is 12.1 Å². The maximum Gasteiger partial charge on any atom is 0.123 e. The third kappa shape index (κ3) is 3.56. The Hall–Kier alpha value is -2.07. The van der Waals surface area contributed by atoms with Crippen molar-refractivity contribution in [3.8, 4) is 5.75 Å². The van der Waals surface area contributed by atoms with E-state index in [0.29, 0.717) is 18.6 Å². The molecular weight excluding hydrogens is 327 g/mol. The lowest BCUT2D eigenvalue weighted by molar-refractivity contribution is 0.114. The Labute approximate surface area is 155 Å². The van der Waals surface area contributed by atoms with Gasteiger partial charge in [-0.1, -0.05) is 25.1 Å². The Bertz CT molecular complexity index is 733. The molecule has 3 nitrogen and oxygen atoms in total. The molecule has 0 unspecified atom stereocenters. The number of fused-ring (bicyclic) bond motifs is 1. The van der Waals surface area contributed by atoms with Crippen LogP contribution in [0.2, 0.25) is 0 Å². The van der Waals surface area contributed by atoms with E-state index in [4.69, 9.17) is 4.74 Å². The first kappa shape index (κ1) is 17.3. The second-order valence-corrected chi connectivity index (χ2v) is 7.35. The number of benzene rings is 2. The van der Waals surface area contributed by atoms with Crippen LogP contribution in [-0.2, 0) is 6.42 Å². The predicted molar refractivity (Wildman–Crippen MR) is 103 cm³/mol. The van der Waals surface area contributed by atoms with Gasteiger partial charge in [-0.3, -0.25) is 0 Å². The zero-order chi connectivity index (χ0) is 17.9. The van der Waals surface area contributed by atoms with Gasteiger partial charge in [-0.05, 0) is 55.3 Å². The van der Waals surface area contributed by atoms with Crippen LogP contribution < -0.4 is 9.64 Å². The molecule has 2 heterocycles. The topological polar surface area (TPSA) is 15.7 Å². The van der Waals surface area contributed by atoms with Gasteiger partial charge in [0.15, 0.2) is 0 Å². The van der Waals surface area contributed by atoms with Gasteiger partial charge in [0.25, 0.3) is 0 Å². The van der Waals surface area contributed by atoms with Gasteiger partial charge in [-0.25, -0.2) is 4.39 Å². The van der Waals surface area contributed by atoms with E-state index in [2.05, 4.69) is 41.0 Å². The van der Waals surface area contributed by atoms with Crippen molar-refractivity contribution in [2.45, 2.75) is 25.8 Å². The molecule has 2 atom stereocenters. The standard InChI is InChI=1S/C22H27FN2O/c1-2-24-13-12-22(25-14-11-17-5-3-4-6-21(17)25)18(15-24)16-26-20-9-7-19(23)8-10-20/h3-10,18,22H,2,11-16H2,1H3/t18-,22-/m0/s1. The molecule has 4 heteroatoms. The predicted octanol–water partition coefficient (Wildman–Crippen LogP) is 3.98. The fraction of sp³-hybridized carbons (Fsp3) is 0.455. The number of hydrogen-bond donors (Lipinski definition) is 0. The molecule has 138 valence electrons. The molecule has 2 aliphatic heterocycles. The molecule has 2 aromatic rings. The smallest absolute Gasteiger partial charge is 0.123 e. The molecule has 2 aromatic carbocycles. The fourth-order valence-electron chi connectivity index (χ4n) is 4.40. The van der Waals surface area contributed by atoms with Crippen LogP contribution in [0.1, 0.15) is 18.9 Å². The number of para-hydroxylation sites is 1. The van der Waals surface area contributed by atoms with Gasteiger partial charge in [0.2, 0.25) is 0 Å². The molecule has 4 rings (SSSR count). The quantitative estimate of drug-likeness (QED) is 0.808. The summed E-state index contributed by atoms with van der Waals surface area (Å²) in [5.74, 6) is 0.972. The Balaban J connectivity index is 1.50. The summed E-state index contributed by atoms with van der Waals surface area (Å²) in [4.78, 5) is 5.11. The zero-order valence-electron chi connectivity index (χ0n) is 15.4. The molecule has 0 N–H and O–H groups in total.